The first-order chi connectivity index (χ1) is 9.92. The highest BCUT2D eigenvalue weighted by Gasteiger charge is 2.13. The van der Waals surface area contributed by atoms with Crippen molar-refractivity contribution in [2.24, 2.45) is 0 Å². The Balaban J connectivity index is 2.35. The van der Waals surface area contributed by atoms with Gasteiger partial charge in [0.2, 0.25) is 0 Å². The number of rotatable bonds is 3. The van der Waals surface area contributed by atoms with E-state index in [2.05, 4.69) is 10.1 Å². The van der Waals surface area contributed by atoms with Crippen molar-refractivity contribution in [1.82, 2.24) is 0 Å². The van der Waals surface area contributed by atoms with Crippen LogP contribution in [0.15, 0.2) is 30.3 Å². The molecule has 3 N–H and O–H groups in total. The molecule has 0 saturated heterocycles. The average Bonchev–Trinajstić information content (AvgIpc) is 2.43. The Morgan fingerprint density at radius 1 is 1.29 bits per heavy atom. The minimum Gasteiger partial charge on any atom is -0.465 e. The van der Waals surface area contributed by atoms with E-state index in [4.69, 9.17) is 17.3 Å². The van der Waals surface area contributed by atoms with E-state index in [1.807, 2.05) is 0 Å². The summed E-state index contributed by atoms with van der Waals surface area (Å²) < 4.78 is 31.2. The monoisotopic (exact) mass is 312 g/mol. The van der Waals surface area contributed by atoms with Crippen LogP contribution >= 0.6 is 11.6 Å². The SMILES string of the molecule is COC(=O)c1ccc(Nc2c(F)cc(F)cc2Cl)c(N)c1. The lowest BCUT2D eigenvalue weighted by molar-refractivity contribution is 0.0601. The standard InChI is InChI=1S/C14H11ClF2N2O2/c1-21-14(20)7-2-3-12(11(18)4-7)19-13-9(15)5-8(16)6-10(13)17/h2-6,19H,18H2,1H3. The van der Waals surface area contributed by atoms with Gasteiger partial charge < -0.3 is 15.8 Å². The van der Waals surface area contributed by atoms with Crippen molar-refractivity contribution in [3.63, 3.8) is 0 Å². The number of hydrogen-bond donors (Lipinski definition) is 2. The Kier molecular flexibility index (Phi) is 4.28. The highest BCUT2D eigenvalue weighted by Crippen LogP contribution is 2.32. The number of carbonyl (C=O) groups excluding carboxylic acids is 1. The fourth-order valence-electron chi connectivity index (χ4n) is 1.72. The lowest BCUT2D eigenvalue weighted by atomic mass is 10.1. The van der Waals surface area contributed by atoms with E-state index in [1.54, 1.807) is 0 Å². The van der Waals surface area contributed by atoms with Crippen LogP contribution in [0.1, 0.15) is 10.4 Å². The molecule has 21 heavy (non-hydrogen) atoms. The van der Waals surface area contributed by atoms with Gasteiger partial charge in [-0.25, -0.2) is 13.6 Å². The largest absolute Gasteiger partial charge is 0.465 e. The van der Waals surface area contributed by atoms with Crippen LogP contribution in [-0.4, -0.2) is 13.1 Å². The number of anilines is 3. The maximum atomic E-state index is 13.7. The summed E-state index contributed by atoms with van der Waals surface area (Å²) in [5.74, 6) is -2.17. The van der Waals surface area contributed by atoms with Gasteiger partial charge in [-0.3, -0.25) is 0 Å². The number of nitrogens with one attached hydrogen (secondary N) is 1. The maximum absolute atomic E-state index is 13.7. The molecule has 2 aromatic rings. The fourth-order valence-corrected chi connectivity index (χ4v) is 1.96. The third-order valence-corrected chi connectivity index (χ3v) is 3.04. The molecule has 0 atom stereocenters. The lowest BCUT2D eigenvalue weighted by Crippen LogP contribution is -2.04. The maximum Gasteiger partial charge on any atom is 0.337 e. The fraction of sp³-hybridized carbons (Fsp3) is 0.0714. The molecule has 0 aliphatic heterocycles. The number of benzene rings is 2. The lowest BCUT2D eigenvalue weighted by Gasteiger charge is -2.12. The number of esters is 1. The molecule has 0 radical (unpaired) electrons. The van der Waals surface area contributed by atoms with Crippen LogP contribution in [0, 0.1) is 11.6 Å². The minimum atomic E-state index is -0.851. The molecule has 4 nitrogen and oxygen atoms in total. The molecule has 0 unspecified atom stereocenters. The molecule has 0 aromatic heterocycles. The van der Waals surface area contributed by atoms with E-state index >= 15 is 0 Å². The summed E-state index contributed by atoms with van der Waals surface area (Å²) in [5, 5.41) is 2.55. The summed E-state index contributed by atoms with van der Waals surface area (Å²) in [6.07, 6.45) is 0. The number of methoxy groups -OCH3 is 1. The van der Waals surface area contributed by atoms with Crippen LogP contribution in [0.4, 0.5) is 25.8 Å². The van der Waals surface area contributed by atoms with Gasteiger partial charge in [0.05, 0.1) is 34.8 Å². The molecule has 0 bridgehead atoms. The second-order valence-corrected chi connectivity index (χ2v) is 4.57. The van der Waals surface area contributed by atoms with Crippen molar-refractivity contribution in [2.45, 2.75) is 0 Å². The number of hydrogen-bond acceptors (Lipinski definition) is 4. The van der Waals surface area contributed by atoms with Crippen molar-refractivity contribution in [3.05, 3.63) is 52.6 Å². The zero-order valence-corrected chi connectivity index (χ0v) is 11.7. The summed E-state index contributed by atoms with van der Waals surface area (Å²) in [4.78, 5) is 11.4. The van der Waals surface area contributed by atoms with E-state index in [0.717, 1.165) is 6.07 Å². The molecule has 0 fully saturated rings. The van der Waals surface area contributed by atoms with Gasteiger partial charge in [0.25, 0.3) is 0 Å². The number of carbonyl (C=O) groups is 1. The van der Waals surface area contributed by atoms with Crippen LogP contribution in [0.5, 0.6) is 0 Å². The molecular formula is C14H11ClF2N2O2. The topological polar surface area (TPSA) is 64.3 Å². The first-order valence-corrected chi connectivity index (χ1v) is 6.19. The minimum absolute atomic E-state index is 0.101. The quantitative estimate of drug-likeness (QED) is 0.669. The van der Waals surface area contributed by atoms with E-state index in [-0.39, 0.29) is 22.0 Å². The molecular weight excluding hydrogens is 302 g/mol. The second-order valence-electron chi connectivity index (χ2n) is 4.16. The van der Waals surface area contributed by atoms with Crippen LogP contribution in [0.2, 0.25) is 5.02 Å². The summed E-state index contributed by atoms with van der Waals surface area (Å²) >= 11 is 5.78. The Morgan fingerprint density at radius 2 is 2.00 bits per heavy atom. The summed E-state index contributed by atoms with van der Waals surface area (Å²) in [5.41, 5.74) is 6.46. The Labute approximate surface area is 124 Å². The summed E-state index contributed by atoms with van der Waals surface area (Å²) in [7, 11) is 1.25. The van der Waals surface area contributed by atoms with Gasteiger partial charge in [-0.05, 0) is 24.3 Å². The van der Waals surface area contributed by atoms with Gasteiger partial charge in [0, 0.05) is 6.07 Å². The third-order valence-electron chi connectivity index (χ3n) is 2.74. The Hall–Kier alpha value is -2.34. The van der Waals surface area contributed by atoms with Gasteiger partial charge in [-0.2, -0.15) is 0 Å². The molecule has 110 valence electrons. The molecule has 0 saturated carbocycles. The third kappa shape index (κ3) is 3.22. The summed E-state index contributed by atoms with van der Waals surface area (Å²) in [6.45, 7) is 0. The highest BCUT2D eigenvalue weighted by atomic mass is 35.5. The van der Waals surface area contributed by atoms with Gasteiger partial charge in [0.15, 0.2) is 5.82 Å². The Morgan fingerprint density at radius 3 is 2.57 bits per heavy atom. The molecule has 0 heterocycles. The molecule has 0 aliphatic rings. The van der Waals surface area contributed by atoms with Crippen LogP contribution in [-0.2, 0) is 4.74 Å². The highest BCUT2D eigenvalue weighted by molar-refractivity contribution is 6.33. The summed E-state index contributed by atoms with van der Waals surface area (Å²) in [6, 6.07) is 5.99. The first-order valence-electron chi connectivity index (χ1n) is 5.81. The van der Waals surface area contributed by atoms with Gasteiger partial charge >= 0.3 is 5.97 Å². The second kappa shape index (κ2) is 5.97. The van der Waals surface area contributed by atoms with Crippen molar-refractivity contribution >= 4 is 34.6 Å². The molecule has 0 aliphatic carbocycles. The van der Waals surface area contributed by atoms with E-state index < -0.39 is 17.6 Å². The molecule has 7 heteroatoms. The van der Waals surface area contributed by atoms with Gasteiger partial charge in [-0.15, -0.1) is 0 Å². The number of nitrogens with two attached hydrogens (primary N) is 1. The van der Waals surface area contributed by atoms with E-state index in [9.17, 15) is 13.6 Å². The van der Waals surface area contributed by atoms with Crippen molar-refractivity contribution in [2.75, 3.05) is 18.2 Å². The van der Waals surface area contributed by atoms with E-state index in [1.165, 1.54) is 25.3 Å². The molecule has 0 amide bonds. The predicted molar refractivity (Wildman–Crippen MR) is 76.8 cm³/mol. The van der Waals surface area contributed by atoms with Gasteiger partial charge in [-0.1, -0.05) is 11.6 Å². The number of ether oxygens (including phenoxy) is 1. The zero-order valence-electron chi connectivity index (χ0n) is 10.9. The first kappa shape index (κ1) is 15.1. The normalized spacial score (nSPS) is 10.3. The Bertz CT molecular complexity index is 684. The molecule has 0 spiro atoms. The van der Waals surface area contributed by atoms with Gasteiger partial charge in [0.1, 0.15) is 5.82 Å². The number of nitrogen functional groups attached to an aromatic ring is 1. The molecule has 2 aromatic carbocycles. The predicted octanol–water partition coefficient (Wildman–Crippen LogP) is 3.73. The van der Waals surface area contributed by atoms with E-state index in [0.29, 0.717) is 11.8 Å². The van der Waals surface area contributed by atoms with Crippen LogP contribution in [0.3, 0.4) is 0 Å². The smallest absolute Gasteiger partial charge is 0.337 e. The molecule has 2 rings (SSSR count). The van der Waals surface area contributed by atoms with Crippen molar-refractivity contribution < 1.29 is 18.3 Å². The van der Waals surface area contributed by atoms with Crippen LogP contribution < -0.4 is 11.1 Å². The average molecular weight is 313 g/mol. The van der Waals surface area contributed by atoms with Crippen molar-refractivity contribution in [1.29, 1.82) is 0 Å². The van der Waals surface area contributed by atoms with Crippen LogP contribution in [0.25, 0.3) is 0 Å². The zero-order chi connectivity index (χ0) is 15.6. The van der Waals surface area contributed by atoms with Crippen molar-refractivity contribution in [3.8, 4) is 0 Å². The number of halogens is 3.